The summed E-state index contributed by atoms with van der Waals surface area (Å²) < 4.78 is 75.8. The fraction of sp³-hybridized carbons (Fsp3) is 0.929. The van der Waals surface area contributed by atoms with Gasteiger partial charge in [-0.05, 0) is 45.1 Å². The molecule has 2 aliphatic rings. The second-order valence-electron chi connectivity index (χ2n) is 6.37. The largest absolute Gasteiger partial charge is 0.403 e. The van der Waals surface area contributed by atoms with Gasteiger partial charge >= 0.3 is 12.4 Å². The molecule has 1 aliphatic heterocycles. The first-order valence-corrected chi connectivity index (χ1v) is 7.74. The van der Waals surface area contributed by atoms with E-state index < -0.39 is 36.1 Å². The van der Waals surface area contributed by atoms with E-state index in [2.05, 4.69) is 10.6 Å². The monoisotopic (exact) mass is 346 g/mol. The molecule has 2 N–H and O–H groups in total. The summed E-state index contributed by atoms with van der Waals surface area (Å²) in [6.45, 7) is 0.100. The standard InChI is InChI=1S/C14H20F6N2O/c15-13(16,17)9-1-3-10(4-2-9)22-12(23)8-5-6-21-11(7-8)14(18,19)20/h8-11,21H,1-7H2,(H,22,23)/t8-,9?,10?,11?/m0/s1. The van der Waals surface area contributed by atoms with Crippen LogP contribution in [0.3, 0.4) is 0 Å². The summed E-state index contributed by atoms with van der Waals surface area (Å²) in [5, 5.41) is 4.97. The maximum atomic E-state index is 12.7. The van der Waals surface area contributed by atoms with Crippen molar-refractivity contribution in [1.29, 1.82) is 0 Å². The summed E-state index contributed by atoms with van der Waals surface area (Å²) in [7, 11) is 0. The Morgan fingerprint density at radius 2 is 1.52 bits per heavy atom. The molecule has 0 aromatic rings. The van der Waals surface area contributed by atoms with Crippen molar-refractivity contribution in [2.75, 3.05) is 6.54 Å². The van der Waals surface area contributed by atoms with Gasteiger partial charge in [0.1, 0.15) is 6.04 Å². The summed E-state index contributed by atoms with van der Waals surface area (Å²) in [5.74, 6) is -2.57. The minimum atomic E-state index is -4.40. The van der Waals surface area contributed by atoms with E-state index in [0.717, 1.165) is 0 Å². The number of halogens is 6. The van der Waals surface area contributed by atoms with Crippen LogP contribution in [0.1, 0.15) is 38.5 Å². The number of hydrogen-bond acceptors (Lipinski definition) is 2. The Hall–Kier alpha value is -0.990. The van der Waals surface area contributed by atoms with Crippen LogP contribution in [0.15, 0.2) is 0 Å². The van der Waals surface area contributed by atoms with Gasteiger partial charge in [0.2, 0.25) is 5.91 Å². The van der Waals surface area contributed by atoms with E-state index in [0.29, 0.717) is 6.42 Å². The second-order valence-corrected chi connectivity index (χ2v) is 6.37. The van der Waals surface area contributed by atoms with Gasteiger partial charge in [-0.3, -0.25) is 4.79 Å². The predicted octanol–water partition coefficient (Wildman–Crippen LogP) is 3.15. The summed E-state index contributed by atoms with van der Waals surface area (Å²) in [5.41, 5.74) is 0. The van der Waals surface area contributed by atoms with Gasteiger partial charge in [-0.15, -0.1) is 0 Å². The molecule has 0 spiro atoms. The Labute approximate surface area is 130 Å². The number of carbonyl (C=O) groups excluding carboxylic acids is 1. The van der Waals surface area contributed by atoms with Crippen LogP contribution in [-0.2, 0) is 4.79 Å². The summed E-state index contributed by atoms with van der Waals surface area (Å²) >= 11 is 0. The van der Waals surface area contributed by atoms with E-state index in [1.54, 1.807) is 0 Å². The molecule has 3 nitrogen and oxygen atoms in total. The zero-order chi connectivity index (χ0) is 17.3. The Bertz CT molecular complexity index is 414. The fourth-order valence-corrected chi connectivity index (χ4v) is 3.29. The average Bonchev–Trinajstić information content (AvgIpc) is 2.46. The summed E-state index contributed by atoms with van der Waals surface area (Å²) in [6.07, 6.45) is -8.32. The smallest absolute Gasteiger partial charge is 0.353 e. The molecular weight excluding hydrogens is 326 g/mol. The molecule has 9 heteroatoms. The molecule has 23 heavy (non-hydrogen) atoms. The average molecular weight is 346 g/mol. The van der Waals surface area contributed by atoms with Crippen molar-refractivity contribution in [3.8, 4) is 0 Å². The molecular formula is C14H20F6N2O. The maximum Gasteiger partial charge on any atom is 0.403 e. The SMILES string of the molecule is O=C(NC1CCC(C(F)(F)F)CC1)[C@H]1CCNC(C(F)(F)F)C1. The molecule has 0 radical (unpaired) electrons. The van der Waals surface area contributed by atoms with Crippen LogP contribution in [0.2, 0.25) is 0 Å². The molecule has 1 saturated heterocycles. The quantitative estimate of drug-likeness (QED) is 0.754. The van der Waals surface area contributed by atoms with Crippen molar-refractivity contribution in [3.05, 3.63) is 0 Å². The first kappa shape index (κ1) is 18.4. The number of alkyl halides is 6. The van der Waals surface area contributed by atoms with Gasteiger partial charge in [0.05, 0.1) is 5.92 Å². The molecule has 1 heterocycles. The number of rotatable bonds is 2. The van der Waals surface area contributed by atoms with E-state index in [1.807, 2.05) is 0 Å². The maximum absolute atomic E-state index is 12.7. The van der Waals surface area contributed by atoms with Crippen molar-refractivity contribution >= 4 is 5.91 Å². The van der Waals surface area contributed by atoms with Crippen LogP contribution in [0.4, 0.5) is 26.3 Å². The fourth-order valence-electron chi connectivity index (χ4n) is 3.29. The third-order valence-corrected chi connectivity index (χ3v) is 4.71. The molecule has 0 bridgehead atoms. The molecule has 2 rings (SSSR count). The highest BCUT2D eigenvalue weighted by atomic mass is 19.4. The Morgan fingerprint density at radius 3 is 2.04 bits per heavy atom. The molecule has 0 aromatic carbocycles. The van der Waals surface area contributed by atoms with Crippen LogP contribution in [0.5, 0.6) is 0 Å². The van der Waals surface area contributed by atoms with Gasteiger partial charge in [-0.25, -0.2) is 0 Å². The summed E-state index contributed by atoms with van der Waals surface area (Å²) in [6, 6.07) is -2.08. The van der Waals surface area contributed by atoms with Gasteiger partial charge in [0.15, 0.2) is 0 Å². The van der Waals surface area contributed by atoms with Crippen molar-refractivity contribution in [3.63, 3.8) is 0 Å². The highest BCUT2D eigenvalue weighted by molar-refractivity contribution is 5.79. The lowest BCUT2D eigenvalue weighted by atomic mass is 9.85. The number of amides is 1. The lowest BCUT2D eigenvalue weighted by molar-refractivity contribution is -0.182. The number of hydrogen-bond donors (Lipinski definition) is 2. The normalized spacial score (nSPS) is 33.3. The van der Waals surface area contributed by atoms with Gasteiger partial charge in [0, 0.05) is 12.0 Å². The molecule has 2 atom stereocenters. The van der Waals surface area contributed by atoms with Gasteiger partial charge in [-0.1, -0.05) is 0 Å². The third kappa shape index (κ3) is 4.99. The lowest BCUT2D eigenvalue weighted by Gasteiger charge is -2.34. The first-order chi connectivity index (χ1) is 10.6. The van der Waals surface area contributed by atoms with Crippen molar-refractivity contribution in [2.24, 2.45) is 11.8 Å². The molecule has 1 aliphatic carbocycles. The second kappa shape index (κ2) is 6.86. The third-order valence-electron chi connectivity index (χ3n) is 4.71. The predicted molar refractivity (Wildman–Crippen MR) is 70.5 cm³/mol. The van der Waals surface area contributed by atoms with Crippen LogP contribution in [0.25, 0.3) is 0 Å². The number of piperidine rings is 1. The van der Waals surface area contributed by atoms with E-state index in [1.165, 1.54) is 0 Å². The Kier molecular flexibility index (Phi) is 5.48. The highest BCUT2D eigenvalue weighted by Crippen LogP contribution is 2.37. The van der Waals surface area contributed by atoms with Crippen molar-refractivity contribution in [2.45, 2.75) is 63.0 Å². The topological polar surface area (TPSA) is 41.1 Å². The van der Waals surface area contributed by atoms with Gasteiger partial charge in [0.25, 0.3) is 0 Å². The van der Waals surface area contributed by atoms with E-state index in [4.69, 9.17) is 0 Å². The van der Waals surface area contributed by atoms with Crippen LogP contribution in [0, 0.1) is 11.8 Å². The van der Waals surface area contributed by atoms with E-state index >= 15 is 0 Å². The first-order valence-electron chi connectivity index (χ1n) is 7.74. The molecule has 1 amide bonds. The number of nitrogens with one attached hydrogen (secondary N) is 2. The minimum absolute atomic E-state index is 0.0498. The molecule has 2 fully saturated rings. The van der Waals surface area contributed by atoms with Gasteiger partial charge < -0.3 is 10.6 Å². The van der Waals surface area contributed by atoms with Crippen LogP contribution >= 0.6 is 0 Å². The van der Waals surface area contributed by atoms with Gasteiger partial charge in [-0.2, -0.15) is 26.3 Å². The molecule has 0 aromatic heterocycles. The highest BCUT2D eigenvalue weighted by Gasteiger charge is 2.44. The molecule has 134 valence electrons. The van der Waals surface area contributed by atoms with E-state index in [-0.39, 0.29) is 44.7 Å². The van der Waals surface area contributed by atoms with Crippen LogP contribution < -0.4 is 10.6 Å². The molecule has 1 saturated carbocycles. The van der Waals surface area contributed by atoms with E-state index in [9.17, 15) is 31.1 Å². The Morgan fingerprint density at radius 1 is 0.913 bits per heavy atom. The zero-order valence-electron chi connectivity index (χ0n) is 12.4. The lowest BCUT2D eigenvalue weighted by Crippen LogP contribution is -2.51. The summed E-state index contributed by atoms with van der Waals surface area (Å²) in [4.78, 5) is 12.1. The molecule has 1 unspecified atom stereocenters. The van der Waals surface area contributed by atoms with Crippen LogP contribution in [-0.4, -0.2) is 36.9 Å². The minimum Gasteiger partial charge on any atom is -0.353 e. The zero-order valence-corrected chi connectivity index (χ0v) is 12.4. The Balaban J connectivity index is 1.81. The van der Waals surface area contributed by atoms with Crippen molar-refractivity contribution in [1.82, 2.24) is 10.6 Å². The van der Waals surface area contributed by atoms with Crippen molar-refractivity contribution < 1.29 is 31.1 Å². The number of carbonyl (C=O) groups is 1.